The number of hydrazone groups is 1. The number of hydrogen-bond donors (Lipinski definition) is 1. The highest BCUT2D eigenvalue weighted by atomic mass is 32.1. The van der Waals surface area contributed by atoms with Crippen LogP contribution in [-0.4, -0.2) is 25.9 Å². The van der Waals surface area contributed by atoms with E-state index in [9.17, 15) is 19.1 Å². The van der Waals surface area contributed by atoms with Crippen LogP contribution in [0.1, 0.15) is 12.5 Å². The second-order valence-electron chi connectivity index (χ2n) is 8.00. The van der Waals surface area contributed by atoms with Crippen LogP contribution in [0.2, 0.25) is 0 Å². The van der Waals surface area contributed by atoms with E-state index in [1.807, 2.05) is 12.1 Å². The van der Waals surface area contributed by atoms with Gasteiger partial charge in [-0.3, -0.25) is 18.7 Å². The van der Waals surface area contributed by atoms with Crippen LogP contribution in [-0.2, 0) is 4.79 Å². The quantitative estimate of drug-likeness (QED) is 0.317. The first-order valence-electron chi connectivity index (χ1n) is 11.0. The third-order valence-electron chi connectivity index (χ3n) is 5.72. The van der Waals surface area contributed by atoms with Gasteiger partial charge in [-0.2, -0.15) is 10.1 Å². The monoisotopic (exact) mass is 498 g/mol. The topological polar surface area (TPSA) is 79.8 Å². The number of hydrogen-bond acceptors (Lipinski definition) is 5. The van der Waals surface area contributed by atoms with E-state index in [0.29, 0.717) is 22.8 Å². The third-order valence-corrected chi connectivity index (χ3v) is 6.09. The van der Waals surface area contributed by atoms with Gasteiger partial charge in [-0.05, 0) is 73.7 Å². The Kier molecular flexibility index (Phi) is 5.91. The molecule has 0 bridgehead atoms. The van der Waals surface area contributed by atoms with Crippen molar-refractivity contribution in [3.8, 4) is 17.3 Å². The molecular weight excluding hydrogens is 479 g/mol. The van der Waals surface area contributed by atoms with Crippen molar-refractivity contribution in [3.05, 3.63) is 117 Å². The number of halogens is 1. The minimum atomic E-state index is -0.593. The molecule has 0 aliphatic carbocycles. The summed E-state index contributed by atoms with van der Waals surface area (Å²) < 4.78 is 16.1. The molecule has 5 rings (SSSR count). The second kappa shape index (κ2) is 9.20. The van der Waals surface area contributed by atoms with Gasteiger partial charge < -0.3 is 5.11 Å². The Morgan fingerprint density at radius 3 is 1.97 bits per heavy atom. The molecule has 0 fully saturated rings. The van der Waals surface area contributed by atoms with E-state index >= 15 is 0 Å². The number of aromatic nitrogens is 2. The van der Waals surface area contributed by atoms with Crippen molar-refractivity contribution >= 4 is 35.6 Å². The lowest BCUT2D eigenvalue weighted by atomic mass is 10.1. The van der Waals surface area contributed by atoms with E-state index in [2.05, 4.69) is 5.10 Å². The van der Waals surface area contributed by atoms with Crippen LogP contribution < -0.4 is 10.6 Å². The van der Waals surface area contributed by atoms with Crippen LogP contribution in [0.15, 0.2) is 100 Å². The summed E-state index contributed by atoms with van der Waals surface area (Å²) in [6.45, 7) is 1.62. The maximum Gasteiger partial charge on any atom is 0.280 e. The van der Waals surface area contributed by atoms with Crippen molar-refractivity contribution in [2.75, 3.05) is 5.01 Å². The molecule has 1 N–H and O–H groups in total. The van der Waals surface area contributed by atoms with Crippen LogP contribution >= 0.6 is 12.2 Å². The largest absolute Gasteiger partial charge is 0.494 e. The van der Waals surface area contributed by atoms with Crippen molar-refractivity contribution in [1.82, 2.24) is 9.13 Å². The fraction of sp³-hybridized carbons (Fsp3) is 0.0370. The van der Waals surface area contributed by atoms with Crippen molar-refractivity contribution in [2.45, 2.75) is 6.92 Å². The number of benzene rings is 3. The van der Waals surface area contributed by atoms with Gasteiger partial charge >= 0.3 is 0 Å². The SMILES string of the molecule is CC1=NN(c2ccc(F)cc2)C(=O)/C1=C/c1c(O)n(-c2ccccc2)c(=S)n(-c2ccccc2)c1=O. The van der Waals surface area contributed by atoms with Crippen LogP contribution in [0.4, 0.5) is 10.1 Å². The molecule has 0 saturated heterocycles. The number of rotatable bonds is 4. The van der Waals surface area contributed by atoms with Crippen molar-refractivity contribution in [1.29, 1.82) is 0 Å². The Morgan fingerprint density at radius 2 is 1.39 bits per heavy atom. The molecule has 0 unspecified atom stereocenters. The van der Waals surface area contributed by atoms with E-state index in [0.717, 1.165) is 5.01 Å². The standard InChI is InChI=1S/C27H19FN4O3S/c1-17-22(26(35)32(29-17)21-14-12-18(28)13-15-21)16-23-24(33)30(19-8-4-2-5-9-19)27(36)31(25(23)34)20-10-6-3-7-11-20/h2-16,33H,1H3/b22-16+. The highest BCUT2D eigenvalue weighted by Crippen LogP contribution is 2.28. The minimum Gasteiger partial charge on any atom is -0.494 e. The maximum atomic E-state index is 13.7. The lowest BCUT2D eigenvalue weighted by molar-refractivity contribution is -0.114. The number of carbonyl (C=O) groups excluding carboxylic acids is 1. The van der Waals surface area contributed by atoms with E-state index in [4.69, 9.17) is 12.2 Å². The van der Waals surface area contributed by atoms with Crippen LogP contribution in [0, 0.1) is 10.6 Å². The number of carbonyl (C=O) groups is 1. The van der Waals surface area contributed by atoms with E-state index in [-0.39, 0.29) is 15.9 Å². The zero-order valence-electron chi connectivity index (χ0n) is 19.0. The molecule has 178 valence electrons. The molecule has 4 aromatic rings. The van der Waals surface area contributed by atoms with Gasteiger partial charge in [-0.25, -0.2) is 4.39 Å². The van der Waals surface area contributed by atoms with Gasteiger partial charge in [0.25, 0.3) is 11.5 Å². The number of amides is 1. The maximum absolute atomic E-state index is 13.7. The van der Waals surface area contributed by atoms with Gasteiger partial charge in [0.15, 0.2) is 4.77 Å². The normalized spacial score (nSPS) is 14.4. The summed E-state index contributed by atoms with van der Waals surface area (Å²) in [6, 6.07) is 23.0. The molecule has 0 saturated carbocycles. The number of para-hydroxylation sites is 2. The first kappa shape index (κ1) is 23.1. The summed E-state index contributed by atoms with van der Waals surface area (Å²) in [5, 5.41) is 16.7. The zero-order valence-corrected chi connectivity index (χ0v) is 19.8. The predicted octanol–water partition coefficient (Wildman–Crippen LogP) is 5.01. The molecular formula is C27H19FN4O3S. The summed E-state index contributed by atoms with van der Waals surface area (Å²) in [6.07, 6.45) is 1.32. The smallest absolute Gasteiger partial charge is 0.280 e. The van der Waals surface area contributed by atoms with Crippen LogP contribution in [0.25, 0.3) is 17.5 Å². The molecule has 1 aromatic heterocycles. The highest BCUT2D eigenvalue weighted by molar-refractivity contribution is 7.71. The van der Waals surface area contributed by atoms with Crippen LogP contribution in [0.5, 0.6) is 5.88 Å². The first-order valence-corrected chi connectivity index (χ1v) is 11.4. The zero-order chi connectivity index (χ0) is 25.4. The molecule has 7 nitrogen and oxygen atoms in total. The summed E-state index contributed by atoms with van der Waals surface area (Å²) in [7, 11) is 0. The van der Waals surface area contributed by atoms with E-state index in [1.54, 1.807) is 55.5 Å². The molecule has 0 spiro atoms. The predicted molar refractivity (Wildman–Crippen MR) is 139 cm³/mol. The summed E-state index contributed by atoms with van der Waals surface area (Å²) in [5.74, 6) is -1.36. The molecule has 1 amide bonds. The van der Waals surface area contributed by atoms with Crippen molar-refractivity contribution < 1.29 is 14.3 Å². The number of aromatic hydroxyl groups is 1. The Hall–Kier alpha value is -4.63. The van der Waals surface area contributed by atoms with Gasteiger partial charge in [0, 0.05) is 0 Å². The molecule has 36 heavy (non-hydrogen) atoms. The summed E-state index contributed by atoms with van der Waals surface area (Å²) in [4.78, 5) is 26.9. The summed E-state index contributed by atoms with van der Waals surface area (Å²) in [5.41, 5.74) is 1.15. The Balaban J connectivity index is 1.73. The Morgan fingerprint density at radius 1 is 0.833 bits per heavy atom. The van der Waals surface area contributed by atoms with Gasteiger partial charge in [0.05, 0.1) is 28.3 Å². The molecule has 2 heterocycles. The second-order valence-corrected chi connectivity index (χ2v) is 8.37. The van der Waals surface area contributed by atoms with Gasteiger partial charge in [-0.1, -0.05) is 36.4 Å². The average molecular weight is 499 g/mol. The first-order chi connectivity index (χ1) is 17.4. The lowest BCUT2D eigenvalue weighted by Gasteiger charge is -2.17. The Labute approximate surface area is 210 Å². The average Bonchev–Trinajstić information content (AvgIpc) is 3.16. The lowest BCUT2D eigenvalue weighted by Crippen LogP contribution is -2.26. The fourth-order valence-electron chi connectivity index (χ4n) is 3.94. The molecule has 3 aromatic carbocycles. The highest BCUT2D eigenvalue weighted by Gasteiger charge is 2.30. The molecule has 0 radical (unpaired) electrons. The van der Waals surface area contributed by atoms with E-state index < -0.39 is 23.2 Å². The van der Waals surface area contributed by atoms with Crippen LogP contribution in [0.3, 0.4) is 0 Å². The minimum absolute atomic E-state index is 0.0631. The fourth-order valence-corrected chi connectivity index (χ4v) is 4.32. The van der Waals surface area contributed by atoms with E-state index in [1.165, 1.54) is 39.5 Å². The summed E-state index contributed by atoms with van der Waals surface area (Å²) >= 11 is 5.63. The van der Waals surface area contributed by atoms with Gasteiger partial charge in [0.2, 0.25) is 5.88 Å². The molecule has 1 aliphatic heterocycles. The molecule has 1 aliphatic rings. The number of anilines is 1. The third kappa shape index (κ3) is 3.95. The van der Waals surface area contributed by atoms with Gasteiger partial charge in [-0.15, -0.1) is 0 Å². The van der Waals surface area contributed by atoms with Crippen molar-refractivity contribution in [2.24, 2.45) is 5.10 Å². The Bertz CT molecular complexity index is 1660. The molecule has 0 atom stereocenters. The van der Waals surface area contributed by atoms with Crippen molar-refractivity contribution in [3.63, 3.8) is 0 Å². The molecule has 9 heteroatoms. The number of nitrogens with zero attached hydrogens (tertiary/aromatic N) is 4. The van der Waals surface area contributed by atoms with Gasteiger partial charge in [0.1, 0.15) is 11.4 Å².